The van der Waals surface area contributed by atoms with Crippen molar-refractivity contribution >= 4 is 6.29 Å². The zero-order valence-corrected chi connectivity index (χ0v) is 13.0. The second-order valence-electron chi connectivity index (χ2n) is 7.66. The number of hydrogen-bond acceptors (Lipinski definition) is 1. The van der Waals surface area contributed by atoms with Gasteiger partial charge < -0.3 is 4.79 Å². The molecule has 0 bridgehead atoms. The van der Waals surface area contributed by atoms with E-state index in [0.717, 1.165) is 12.7 Å². The normalized spacial score (nSPS) is 15.4. The molecule has 1 aromatic carbocycles. The van der Waals surface area contributed by atoms with Crippen LogP contribution in [0.15, 0.2) is 12.1 Å². The molecule has 0 radical (unpaired) electrons. The maximum atomic E-state index is 11.2. The van der Waals surface area contributed by atoms with Crippen molar-refractivity contribution in [3.63, 3.8) is 0 Å². The average Bonchev–Trinajstić information content (AvgIpc) is 2.75. The molecule has 0 heterocycles. The minimum atomic E-state index is -0.257. The maximum Gasteiger partial charge on any atom is 0.125 e. The van der Waals surface area contributed by atoms with E-state index in [2.05, 4.69) is 32.9 Å². The maximum absolute atomic E-state index is 11.2. The van der Waals surface area contributed by atoms with Crippen LogP contribution in [0, 0.1) is 5.41 Å². The third kappa shape index (κ3) is 3.08. The highest BCUT2D eigenvalue weighted by Gasteiger charge is 2.25. The Morgan fingerprint density at radius 3 is 2.37 bits per heavy atom. The highest BCUT2D eigenvalue weighted by atomic mass is 16.1. The van der Waals surface area contributed by atoms with Gasteiger partial charge in [0.25, 0.3) is 0 Å². The molecule has 1 aliphatic rings. The van der Waals surface area contributed by atoms with Crippen LogP contribution in [0.1, 0.15) is 63.3 Å². The molecule has 0 spiro atoms. The average molecular weight is 258 g/mol. The van der Waals surface area contributed by atoms with E-state index in [1.165, 1.54) is 41.5 Å². The Morgan fingerprint density at radius 1 is 1.11 bits per heavy atom. The Labute approximate surface area is 117 Å². The zero-order chi connectivity index (χ0) is 14.3. The molecule has 1 nitrogen and oxygen atoms in total. The van der Waals surface area contributed by atoms with Crippen LogP contribution >= 0.6 is 0 Å². The van der Waals surface area contributed by atoms with Crippen molar-refractivity contribution in [1.82, 2.24) is 0 Å². The summed E-state index contributed by atoms with van der Waals surface area (Å²) < 4.78 is 0. The first-order valence-electron chi connectivity index (χ1n) is 7.34. The van der Waals surface area contributed by atoms with Crippen molar-refractivity contribution in [1.29, 1.82) is 0 Å². The van der Waals surface area contributed by atoms with Crippen LogP contribution in [0.5, 0.6) is 0 Å². The van der Waals surface area contributed by atoms with E-state index in [1.807, 2.05) is 13.8 Å². The molecule has 0 aromatic heterocycles. The molecule has 0 atom stereocenters. The summed E-state index contributed by atoms with van der Waals surface area (Å²) in [6.45, 7) is 10.9. The zero-order valence-electron chi connectivity index (χ0n) is 13.0. The molecular weight excluding hydrogens is 232 g/mol. The first-order chi connectivity index (χ1) is 8.73. The van der Waals surface area contributed by atoms with E-state index in [1.54, 1.807) is 0 Å². The molecule has 1 aromatic rings. The number of aryl methyl sites for hydroxylation is 1. The van der Waals surface area contributed by atoms with Gasteiger partial charge in [0.2, 0.25) is 0 Å². The van der Waals surface area contributed by atoms with E-state index in [9.17, 15) is 4.79 Å². The summed E-state index contributed by atoms with van der Waals surface area (Å²) in [7, 11) is 0. The first-order valence-corrected chi connectivity index (χ1v) is 7.34. The van der Waals surface area contributed by atoms with Crippen LogP contribution in [-0.2, 0) is 29.5 Å². The largest absolute Gasteiger partial charge is 0.303 e. The van der Waals surface area contributed by atoms with Gasteiger partial charge in [0, 0.05) is 5.41 Å². The topological polar surface area (TPSA) is 17.1 Å². The Balaban J connectivity index is 2.47. The number of carbonyl (C=O) groups is 1. The van der Waals surface area contributed by atoms with Crippen molar-refractivity contribution in [3.05, 3.63) is 34.4 Å². The molecule has 0 saturated heterocycles. The lowest BCUT2D eigenvalue weighted by Gasteiger charge is -2.25. The fourth-order valence-electron chi connectivity index (χ4n) is 2.92. The molecule has 0 unspecified atom stereocenters. The van der Waals surface area contributed by atoms with Crippen LogP contribution in [0.4, 0.5) is 0 Å². The number of carbonyl (C=O) groups excluding carboxylic acids is 1. The molecule has 1 heteroatoms. The van der Waals surface area contributed by atoms with E-state index < -0.39 is 0 Å². The summed E-state index contributed by atoms with van der Waals surface area (Å²) in [5.74, 6) is 0. The number of hydrogen-bond donors (Lipinski definition) is 0. The van der Waals surface area contributed by atoms with E-state index in [4.69, 9.17) is 0 Å². The summed E-state index contributed by atoms with van der Waals surface area (Å²) >= 11 is 0. The highest BCUT2D eigenvalue weighted by molar-refractivity contribution is 5.59. The Kier molecular flexibility index (Phi) is 3.59. The second-order valence-corrected chi connectivity index (χ2v) is 7.66. The minimum Gasteiger partial charge on any atom is -0.303 e. The lowest BCUT2D eigenvalue weighted by Crippen LogP contribution is -2.19. The SMILES string of the molecule is CC(C)(C=O)Cc1cc(C(C)(C)C)cc2c1CCC2. The number of fused-ring (bicyclic) bond motifs is 1. The molecule has 0 N–H and O–H groups in total. The third-order valence-corrected chi connectivity index (χ3v) is 4.14. The predicted molar refractivity (Wildman–Crippen MR) is 80.7 cm³/mol. The van der Waals surface area contributed by atoms with Gasteiger partial charge >= 0.3 is 0 Å². The lowest BCUT2D eigenvalue weighted by atomic mass is 9.80. The third-order valence-electron chi connectivity index (χ3n) is 4.14. The van der Waals surface area contributed by atoms with E-state index in [0.29, 0.717) is 0 Å². The standard InChI is InChI=1S/C18H26O/c1-17(2,3)15-9-13-7-6-8-16(13)14(10-15)11-18(4,5)12-19/h9-10,12H,6-8,11H2,1-5H3. The molecule has 0 fully saturated rings. The van der Waals surface area contributed by atoms with Gasteiger partial charge in [0.1, 0.15) is 6.29 Å². The molecule has 0 aliphatic heterocycles. The summed E-state index contributed by atoms with van der Waals surface area (Å²) in [5.41, 5.74) is 5.76. The Bertz CT molecular complexity index is 489. The van der Waals surface area contributed by atoms with Gasteiger partial charge in [-0.15, -0.1) is 0 Å². The van der Waals surface area contributed by atoms with Gasteiger partial charge in [-0.1, -0.05) is 46.8 Å². The van der Waals surface area contributed by atoms with Crippen molar-refractivity contribution in [3.8, 4) is 0 Å². The fraction of sp³-hybridized carbons (Fsp3) is 0.611. The van der Waals surface area contributed by atoms with Crippen molar-refractivity contribution in [2.45, 2.75) is 65.7 Å². The van der Waals surface area contributed by atoms with Crippen LogP contribution in [-0.4, -0.2) is 6.29 Å². The predicted octanol–water partition coefficient (Wildman–Crippen LogP) is 4.24. The number of rotatable bonds is 3. The number of benzene rings is 1. The van der Waals surface area contributed by atoms with Crippen molar-refractivity contribution < 1.29 is 4.79 Å². The van der Waals surface area contributed by atoms with Gasteiger partial charge in [0.15, 0.2) is 0 Å². The first kappa shape index (κ1) is 14.3. The smallest absolute Gasteiger partial charge is 0.125 e. The molecule has 19 heavy (non-hydrogen) atoms. The van der Waals surface area contributed by atoms with Gasteiger partial charge in [-0.25, -0.2) is 0 Å². The fourth-order valence-corrected chi connectivity index (χ4v) is 2.92. The van der Waals surface area contributed by atoms with Crippen molar-refractivity contribution in [2.24, 2.45) is 5.41 Å². The Hall–Kier alpha value is -1.11. The summed E-state index contributed by atoms with van der Waals surface area (Å²) in [4.78, 5) is 11.2. The quantitative estimate of drug-likeness (QED) is 0.741. The van der Waals surface area contributed by atoms with Gasteiger partial charge in [-0.05, 0) is 53.4 Å². The second kappa shape index (κ2) is 4.77. The summed E-state index contributed by atoms with van der Waals surface area (Å²) in [6.07, 6.45) is 5.61. The van der Waals surface area contributed by atoms with Gasteiger partial charge in [-0.3, -0.25) is 0 Å². The number of aldehydes is 1. The van der Waals surface area contributed by atoms with Crippen LogP contribution in [0.3, 0.4) is 0 Å². The highest BCUT2D eigenvalue weighted by Crippen LogP contribution is 2.34. The molecule has 0 amide bonds. The summed E-state index contributed by atoms with van der Waals surface area (Å²) in [6, 6.07) is 4.73. The molecule has 1 aliphatic carbocycles. The molecule has 0 saturated carbocycles. The summed E-state index contributed by atoms with van der Waals surface area (Å²) in [5, 5.41) is 0. The van der Waals surface area contributed by atoms with E-state index in [-0.39, 0.29) is 10.8 Å². The van der Waals surface area contributed by atoms with E-state index >= 15 is 0 Å². The molecular formula is C18H26O. The molecule has 104 valence electrons. The minimum absolute atomic E-state index is 0.178. The Morgan fingerprint density at radius 2 is 1.79 bits per heavy atom. The van der Waals surface area contributed by atoms with Crippen LogP contribution in [0.2, 0.25) is 0 Å². The van der Waals surface area contributed by atoms with Gasteiger partial charge in [-0.2, -0.15) is 0 Å². The molecule has 2 rings (SSSR count). The lowest BCUT2D eigenvalue weighted by molar-refractivity contribution is -0.114. The monoisotopic (exact) mass is 258 g/mol. The van der Waals surface area contributed by atoms with Crippen LogP contribution < -0.4 is 0 Å². The van der Waals surface area contributed by atoms with Gasteiger partial charge in [0.05, 0.1) is 0 Å². The van der Waals surface area contributed by atoms with Crippen molar-refractivity contribution in [2.75, 3.05) is 0 Å². The van der Waals surface area contributed by atoms with Crippen LogP contribution in [0.25, 0.3) is 0 Å².